The molecule has 3 heterocycles. The number of ether oxygens (including phenoxy) is 2. The molecule has 4 aliphatic rings. The van der Waals surface area contributed by atoms with E-state index in [9.17, 15) is 4.79 Å². The van der Waals surface area contributed by atoms with Gasteiger partial charge in [0.2, 0.25) is 0 Å². The first-order chi connectivity index (χ1) is 15.2. The Morgan fingerprint density at radius 3 is 2.65 bits per heavy atom. The largest absolute Gasteiger partial charge is 0.371 e. The van der Waals surface area contributed by atoms with Gasteiger partial charge in [-0.1, -0.05) is 57.2 Å². The summed E-state index contributed by atoms with van der Waals surface area (Å²) in [5.41, 5.74) is 2.04. The molecule has 0 spiro atoms. The molecule has 1 aromatic rings. The fourth-order valence-corrected chi connectivity index (χ4v) is 5.75. The van der Waals surface area contributed by atoms with Crippen LogP contribution < -0.4 is 10.6 Å². The van der Waals surface area contributed by atoms with Crippen LogP contribution in [0, 0.1) is 5.92 Å². The number of nitrogens with zero attached hydrogens (tertiary/aromatic N) is 1. The third-order valence-corrected chi connectivity index (χ3v) is 7.40. The van der Waals surface area contributed by atoms with Crippen molar-refractivity contribution in [3.63, 3.8) is 0 Å². The summed E-state index contributed by atoms with van der Waals surface area (Å²) in [6.45, 7) is 3.37. The van der Waals surface area contributed by atoms with Crippen molar-refractivity contribution in [1.82, 2.24) is 15.5 Å². The second-order valence-electron chi connectivity index (χ2n) is 9.49. The molecular formula is C25H35N3O3. The van der Waals surface area contributed by atoms with Gasteiger partial charge >= 0.3 is 0 Å². The maximum Gasteiger partial charge on any atom is 0.251 e. The van der Waals surface area contributed by atoms with E-state index >= 15 is 0 Å². The van der Waals surface area contributed by atoms with Crippen molar-refractivity contribution in [3.8, 4) is 0 Å². The lowest BCUT2D eigenvalue weighted by atomic mass is 9.86. The molecule has 6 nitrogen and oxygen atoms in total. The third kappa shape index (κ3) is 4.33. The Labute approximate surface area is 185 Å². The smallest absolute Gasteiger partial charge is 0.251 e. The molecule has 1 saturated carbocycles. The fourth-order valence-electron chi connectivity index (χ4n) is 5.75. The SMILES string of the molecule is CCC1NC(CC2CCCCC2)=CN1[C@H]1CO[C@H]2[C@@H]1OC[C@@H]2NC(=O)c1ccccc1. The topological polar surface area (TPSA) is 62.8 Å². The van der Waals surface area contributed by atoms with E-state index in [-0.39, 0.29) is 30.2 Å². The molecule has 1 aliphatic carbocycles. The predicted molar refractivity (Wildman–Crippen MR) is 119 cm³/mol. The quantitative estimate of drug-likeness (QED) is 0.731. The summed E-state index contributed by atoms with van der Waals surface area (Å²) in [6.07, 6.45) is 11.6. The molecule has 2 N–H and O–H groups in total. The molecule has 31 heavy (non-hydrogen) atoms. The first-order valence-corrected chi connectivity index (χ1v) is 12.1. The zero-order valence-corrected chi connectivity index (χ0v) is 18.5. The van der Waals surface area contributed by atoms with E-state index in [2.05, 4.69) is 28.7 Å². The Morgan fingerprint density at radius 2 is 1.87 bits per heavy atom. The number of allylic oxidation sites excluding steroid dienone is 1. The summed E-state index contributed by atoms with van der Waals surface area (Å²) in [7, 11) is 0. The highest BCUT2D eigenvalue weighted by Crippen LogP contribution is 2.35. The maximum absolute atomic E-state index is 12.6. The van der Waals surface area contributed by atoms with Crippen LogP contribution in [0.25, 0.3) is 0 Å². The van der Waals surface area contributed by atoms with Gasteiger partial charge in [0, 0.05) is 17.5 Å². The molecule has 2 saturated heterocycles. The molecule has 168 valence electrons. The summed E-state index contributed by atoms with van der Waals surface area (Å²) < 4.78 is 12.4. The molecule has 3 fully saturated rings. The van der Waals surface area contributed by atoms with Crippen LogP contribution in [0.3, 0.4) is 0 Å². The van der Waals surface area contributed by atoms with Crippen LogP contribution >= 0.6 is 0 Å². The molecule has 0 bridgehead atoms. The first kappa shape index (κ1) is 20.8. The summed E-state index contributed by atoms with van der Waals surface area (Å²) in [5.74, 6) is 0.753. The number of amides is 1. The molecule has 0 radical (unpaired) electrons. The van der Waals surface area contributed by atoms with Gasteiger partial charge < -0.3 is 25.0 Å². The van der Waals surface area contributed by atoms with Crippen LogP contribution in [0.15, 0.2) is 42.2 Å². The minimum atomic E-state index is -0.107. The van der Waals surface area contributed by atoms with E-state index in [0.717, 1.165) is 18.8 Å². The predicted octanol–water partition coefficient (Wildman–Crippen LogP) is 3.40. The van der Waals surface area contributed by atoms with Crippen molar-refractivity contribution < 1.29 is 14.3 Å². The number of nitrogens with one attached hydrogen (secondary N) is 2. The van der Waals surface area contributed by atoms with Crippen LogP contribution in [0.1, 0.15) is 62.2 Å². The monoisotopic (exact) mass is 425 g/mol. The summed E-state index contributed by atoms with van der Waals surface area (Å²) >= 11 is 0. The van der Waals surface area contributed by atoms with Gasteiger partial charge in [0.1, 0.15) is 12.2 Å². The van der Waals surface area contributed by atoms with E-state index in [0.29, 0.717) is 24.9 Å². The molecule has 1 amide bonds. The Balaban J connectivity index is 1.23. The second kappa shape index (κ2) is 9.21. The molecule has 1 aromatic carbocycles. The van der Waals surface area contributed by atoms with Crippen molar-refractivity contribution in [1.29, 1.82) is 0 Å². The van der Waals surface area contributed by atoms with Crippen LogP contribution in [-0.4, -0.2) is 54.5 Å². The third-order valence-electron chi connectivity index (χ3n) is 7.40. The Hall–Kier alpha value is -2.05. The van der Waals surface area contributed by atoms with Gasteiger partial charge in [-0.25, -0.2) is 0 Å². The average Bonchev–Trinajstić information content (AvgIpc) is 3.51. The van der Waals surface area contributed by atoms with Crippen molar-refractivity contribution in [2.24, 2.45) is 5.92 Å². The first-order valence-electron chi connectivity index (χ1n) is 12.1. The molecule has 1 unspecified atom stereocenters. The van der Waals surface area contributed by atoms with Crippen LogP contribution in [0.2, 0.25) is 0 Å². The van der Waals surface area contributed by atoms with Gasteiger partial charge in [0.25, 0.3) is 5.91 Å². The number of hydrogen-bond acceptors (Lipinski definition) is 5. The van der Waals surface area contributed by atoms with Crippen molar-refractivity contribution in [2.75, 3.05) is 13.2 Å². The van der Waals surface area contributed by atoms with Crippen molar-refractivity contribution in [3.05, 3.63) is 47.8 Å². The molecule has 5 rings (SSSR count). The molecule has 5 atom stereocenters. The number of hydrogen-bond donors (Lipinski definition) is 2. The number of rotatable bonds is 6. The van der Waals surface area contributed by atoms with Crippen molar-refractivity contribution in [2.45, 2.75) is 82.3 Å². The zero-order chi connectivity index (χ0) is 21.2. The highest BCUT2D eigenvalue weighted by atomic mass is 16.6. The Kier molecular flexibility index (Phi) is 6.19. The number of carbonyl (C=O) groups excluding carboxylic acids is 1. The fraction of sp³-hybridized carbons (Fsp3) is 0.640. The van der Waals surface area contributed by atoms with Crippen molar-refractivity contribution >= 4 is 5.91 Å². The van der Waals surface area contributed by atoms with E-state index in [1.165, 1.54) is 37.8 Å². The van der Waals surface area contributed by atoms with Crippen LogP contribution in [-0.2, 0) is 9.47 Å². The van der Waals surface area contributed by atoms with E-state index in [1.54, 1.807) is 0 Å². The highest BCUT2D eigenvalue weighted by Gasteiger charge is 2.51. The number of fused-ring (bicyclic) bond motifs is 1. The molecule has 6 heteroatoms. The van der Waals surface area contributed by atoms with Gasteiger partial charge in [0.15, 0.2) is 0 Å². The van der Waals surface area contributed by atoms with Gasteiger partial charge in [-0.15, -0.1) is 0 Å². The zero-order valence-electron chi connectivity index (χ0n) is 18.5. The van der Waals surface area contributed by atoms with E-state index in [4.69, 9.17) is 9.47 Å². The lowest BCUT2D eigenvalue weighted by Crippen LogP contribution is -2.49. The van der Waals surface area contributed by atoms with E-state index in [1.807, 2.05) is 30.3 Å². The lowest BCUT2D eigenvalue weighted by molar-refractivity contribution is 0.0426. The molecule has 3 aliphatic heterocycles. The summed E-state index contributed by atoms with van der Waals surface area (Å²) in [6, 6.07) is 9.43. The Bertz CT molecular complexity index is 792. The molecule has 0 aromatic heterocycles. The minimum Gasteiger partial charge on any atom is -0.371 e. The second-order valence-corrected chi connectivity index (χ2v) is 9.49. The Morgan fingerprint density at radius 1 is 1.10 bits per heavy atom. The average molecular weight is 426 g/mol. The van der Waals surface area contributed by atoms with Gasteiger partial charge in [-0.3, -0.25) is 4.79 Å². The normalized spacial score (nSPS) is 33.1. The lowest BCUT2D eigenvalue weighted by Gasteiger charge is -2.32. The van der Waals surface area contributed by atoms with Gasteiger partial charge in [0.05, 0.1) is 31.5 Å². The standard InChI is InChI=1S/C25H35N3O3/c1-2-22-26-19(13-17-9-5-3-6-10-17)14-28(22)21-16-31-23-20(15-30-24(21)23)27-25(29)18-11-7-4-8-12-18/h4,7-8,11-12,14,17,20-24,26H,2-3,5-6,9-10,13,15-16H2,1H3,(H,27,29)/t20-,21-,22?,23+,24+/m0/s1. The summed E-state index contributed by atoms with van der Waals surface area (Å²) in [4.78, 5) is 15.0. The highest BCUT2D eigenvalue weighted by molar-refractivity contribution is 5.94. The maximum atomic E-state index is 12.6. The summed E-state index contributed by atoms with van der Waals surface area (Å²) in [5, 5.41) is 6.89. The van der Waals surface area contributed by atoms with E-state index < -0.39 is 0 Å². The van der Waals surface area contributed by atoms with Gasteiger partial charge in [-0.2, -0.15) is 0 Å². The molecular weight excluding hydrogens is 390 g/mol. The van der Waals surface area contributed by atoms with Crippen LogP contribution in [0.5, 0.6) is 0 Å². The van der Waals surface area contributed by atoms with Crippen LogP contribution in [0.4, 0.5) is 0 Å². The van der Waals surface area contributed by atoms with Gasteiger partial charge in [-0.05, 0) is 30.9 Å². The number of carbonyl (C=O) groups is 1. The minimum absolute atomic E-state index is 0.0118. The number of benzene rings is 1.